The van der Waals surface area contributed by atoms with Crippen LogP contribution in [0.5, 0.6) is 0 Å². The predicted molar refractivity (Wildman–Crippen MR) is 71.3 cm³/mol. The van der Waals surface area contributed by atoms with E-state index in [1.165, 1.54) is 24.4 Å². The first-order valence-electron chi connectivity index (χ1n) is 5.59. The third-order valence-electron chi connectivity index (χ3n) is 2.81. The highest BCUT2D eigenvalue weighted by molar-refractivity contribution is 6.33. The van der Waals surface area contributed by atoms with Gasteiger partial charge in [0.05, 0.1) is 16.1 Å². The average molecular weight is 292 g/mol. The van der Waals surface area contributed by atoms with Gasteiger partial charge < -0.3 is 10.1 Å². The predicted octanol–water partition coefficient (Wildman–Crippen LogP) is 3.12. The van der Waals surface area contributed by atoms with Crippen LogP contribution < -0.4 is 0 Å². The minimum absolute atomic E-state index is 0.0620. The lowest BCUT2D eigenvalue weighted by Crippen LogP contribution is -1.97. The molecule has 0 atom stereocenters. The number of carboxylic acid groups (broad SMARTS) is 1. The number of halogens is 2. The maximum atomic E-state index is 13.0. The second-order valence-electron chi connectivity index (χ2n) is 4.07. The minimum atomic E-state index is -1.09. The molecule has 0 aliphatic heterocycles. The van der Waals surface area contributed by atoms with E-state index in [0.717, 1.165) is 6.07 Å². The van der Waals surface area contributed by atoms with E-state index in [1.807, 2.05) is 0 Å². The lowest BCUT2D eigenvalue weighted by molar-refractivity contribution is 0.0698. The topological polar surface area (TPSA) is 78.9 Å². The quantitative estimate of drug-likeness (QED) is 0.760. The molecular formula is C13H7ClFN3O2. The smallest absolute Gasteiger partial charge is 0.338 e. The first-order chi connectivity index (χ1) is 9.56. The van der Waals surface area contributed by atoms with Crippen LogP contribution in [-0.2, 0) is 0 Å². The van der Waals surface area contributed by atoms with Crippen LogP contribution in [0.1, 0.15) is 10.4 Å². The Kier molecular flexibility index (Phi) is 2.87. The second kappa shape index (κ2) is 4.57. The van der Waals surface area contributed by atoms with Gasteiger partial charge in [-0.1, -0.05) is 11.6 Å². The molecule has 0 spiro atoms. The van der Waals surface area contributed by atoms with Crippen LogP contribution in [0, 0.1) is 5.82 Å². The van der Waals surface area contributed by atoms with Gasteiger partial charge in [0.1, 0.15) is 11.6 Å². The number of aromatic amines is 1. The highest BCUT2D eigenvalue weighted by Gasteiger charge is 2.15. The first kappa shape index (κ1) is 12.6. The molecular weight excluding hydrogens is 285 g/mol. The number of carbonyl (C=O) groups is 1. The van der Waals surface area contributed by atoms with Crippen LogP contribution in [0.2, 0.25) is 5.02 Å². The molecule has 5 nitrogen and oxygen atoms in total. The van der Waals surface area contributed by atoms with Crippen molar-refractivity contribution in [2.45, 2.75) is 0 Å². The zero-order valence-corrected chi connectivity index (χ0v) is 10.6. The van der Waals surface area contributed by atoms with E-state index in [2.05, 4.69) is 15.0 Å². The molecule has 0 bridgehead atoms. The Balaban J connectivity index is 2.23. The molecule has 0 radical (unpaired) electrons. The number of carboxylic acids is 1. The number of imidazole rings is 1. The molecule has 0 saturated carbocycles. The molecule has 0 aliphatic rings. The Labute approximate surface area is 117 Å². The Bertz CT molecular complexity index is 832. The van der Waals surface area contributed by atoms with Crippen LogP contribution in [0.15, 0.2) is 30.5 Å². The summed E-state index contributed by atoms with van der Waals surface area (Å²) in [7, 11) is 0. The molecule has 2 heterocycles. The minimum Gasteiger partial charge on any atom is -0.478 e. The number of aromatic carboxylic acids is 1. The molecule has 1 aromatic carbocycles. The van der Waals surface area contributed by atoms with Crippen LogP contribution in [0.25, 0.3) is 22.6 Å². The fraction of sp³-hybridized carbons (Fsp3) is 0. The average Bonchev–Trinajstić information content (AvgIpc) is 2.81. The first-order valence-corrected chi connectivity index (χ1v) is 5.97. The van der Waals surface area contributed by atoms with Crippen LogP contribution in [0.4, 0.5) is 4.39 Å². The summed E-state index contributed by atoms with van der Waals surface area (Å²) < 4.78 is 13.0. The fourth-order valence-electron chi connectivity index (χ4n) is 1.90. The zero-order chi connectivity index (χ0) is 14.3. The largest absolute Gasteiger partial charge is 0.478 e. The van der Waals surface area contributed by atoms with Crippen molar-refractivity contribution < 1.29 is 14.3 Å². The van der Waals surface area contributed by atoms with Crippen molar-refractivity contribution in [1.82, 2.24) is 15.0 Å². The molecule has 0 fully saturated rings. The lowest BCUT2D eigenvalue weighted by Gasteiger charge is -1.99. The number of hydrogen-bond donors (Lipinski definition) is 2. The number of pyridine rings is 1. The zero-order valence-electron chi connectivity index (χ0n) is 9.89. The number of H-pyrrole nitrogens is 1. The molecule has 2 N–H and O–H groups in total. The van der Waals surface area contributed by atoms with Crippen LogP contribution >= 0.6 is 11.6 Å². The summed E-state index contributed by atoms with van der Waals surface area (Å²) in [6.07, 6.45) is 1.36. The molecule has 0 saturated heterocycles. The van der Waals surface area contributed by atoms with Crippen LogP contribution in [0.3, 0.4) is 0 Å². The van der Waals surface area contributed by atoms with Gasteiger partial charge in [-0.15, -0.1) is 0 Å². The number of aromatic nitrogens is 3. The number of nitrogens with zero attached hydrogens (tertiary/aromatic N) is 2. The number of hydrogen-bond acceptors (Lipinski definition) is 3. The van der Waals surface area contributed by atoms with E-state index >= 15 is 0 Å². The number of nitrogens with one attached hydrogen (secondary N) is 1. The Morgan fingerprint density at radius 2 is 2.15 bits per heavy atom. The Hall–Kier alpha value is -2.47. The summed E-state index contributed by atoms with van der Waals surface area (Å²) in [6, 6.07) is 5.25. The summed E-state index contributed by atoms with van der Waals surface area (Å²) in [5, 5.41) is 9.28. The summed E-state index contributed by atoms with van der Waals surface area (Å²) >= 11 is 5.96. The molecule has 0 amide bonds. The normalized spacial score (nSPS) is 10.9. The number of fused-ring (bicyclic) bond motifs is 1. The van der Waals surface area contributed by atoms with Crippen molar-refractivity contribution in [3.05, 3.63) is 46.9 Å². The molecule has 100 valence electrons. The van der Waals surface area contributed by atoms with E-state index in [0.29, 0.717) is 16.9 Å². The maximum Gasteiger partial charge on any atom is 0.338 e. The summed E-state index contributed by atoms with van der Waals surface area (Å²) in [5.41, 5.74) is 1.10. The van der Waals surface area contributed by atoms with Crippen molar-refractivity contribution in [3.63, 3.8) is 0 Å². The van der Waals surface area contributed by atoms with Gasteiger partial charge in [-0.2, -0.15) is 0 Å². The number of rotatable bonds is 2. The third-order valence-corrected chi connectivity index (χ3v) is 3.12. The molecule has 3 rings (SSSR count). The Morgan fingerprint density at radius 3 is 2.85 bits per heavy atom. The molecule has 3 aromatic rings. The van der Waals surface area contributed by atoms with Crippen LogP contribution in [-0.4, -0.2) is 26.0 Å². The highest BCUT2D eigenvalue weighted by atomic mass is 35.5. The van der Waals surface area contributed by atoms with E-state index in [4.69, 9.17) is 16.7 Å². The van der Waals surface area contributed by atoms with Gasteiger partial charge in [-0.05, 0) is 24.3 Å². The van der Waals surface area contributed by atoms with Gasteiger partial charge in [-0.3, -0.25) is 0 Å². The van der Waals surface area contributed by atoms with E-state index in [1.54, 1.807) is 0 Å². The van der Waals surface area contributed by atoms with Crippen molar-refractivity contribution in [1.29, 1.82) is 0 Å². The highest BCUT2D eigenvalue weighted by Crippen LogP contribution is 2.28. The van der Waals surface area contributed by atoms with Crippen molar-refractivity contribution in [2.24, 2.45) is 0 Å². The number of benzene rings is 1. The van der Waals surface area contributed by atoms with Crippen molar-refractivity contribution in [3.8, 4) is 11.4 Å². The summed E-state index contributed by atoms with van der Waals surface area (Å²) in [5.74, 6) is -1.21. The fourth-order valence-corrected chi connectivity index (χ4v) is 2.16. The third kappa shape index (κ3) is 2.00. The van der Waals surface area contributed by atoms with Gasteiger partial charge in [0, 0.05) is 11.8 Å². The second-order valence-corrected chi connectivity index (χ2v) is 4.48. The molecule has 0 aliphatic carbocycles. The van der Waals surface area contributed by atoms with Crippen molar-refractivity contribution >= 4 is 28.7 Å². The van der Waals surface area contributed by atoms with E-state index in [9.17, 15) is 9.18 Å². The van der Waals surface area contributed by atoms with Gasteiger partial charge in [-0.25, -0.2) is 19.2 Å². The lowest BCUT2D eigenvalue weighted by atomic mass is 10.2. The summed E-state index contributed by atoms with van der Waals surface area (Å²) in [6.45, 7) is 0. The monoisotopic (exact) mass is 291 g/mol. The van der Waals surface area contributed by atoms with Gasteiger partial charge >= 0.3 is 5.97 Å². The summed E-state index contributed by atoms with van der Waals surface area (Å²) in [4.78, 5) is 22.2. The molecule has 2 aromatic heterocycles. The van der Waals surface area contributed by atoms with E-state index < -0.39 is 11.8 Å². The Morgan fingerprint density at radius 1 is 1.35 bits per heavy atom. The van der Waals surface area contributed by atoms with Gasteiger partial charge in [0.15, 0.2) is 5.65 Å². The standard InChI is InChI=1S/C13H7ClFN3O2/c14-9-5-6(15)1-2-7(9)11-17-10-8(13(19)20)3-4-16-12(10)18-11/h1-5H,(H,19,20)(H,16,17,18). The maximum absolute atomic E-state index is 13.0. The van der Waals surface area contributed by atoms with E-state index in [-0.39, 0.29) is 16.2 Å². The van der Waals surface area contributed by atoms with Crippen molar-refractivity contribution in [2.75, 3.05) is 0 Å². The van der Waals surface area contributed by atoms with Gasteiger partial charge in [0.25, 0.3) is 0 Å². The molecule has 0 unspecified atom stereocenters. The molecule has 20 heavy (non-hydrogen) atoms. The van der Waals surface area contributed by atoms with Gasteiger partial charge in [0.2, 0.25) is 0 Å². The SMILES string of the molecule is O=C(O)c1ccnc2nc(-c3ccc(F)cc3Cl)[nH]c12. The molecule has 7 heteroatoms.